The number of hydrogen-bond acceptors (Lipinski definition) is 2. The second-order valence-corrected chi connectivity index (χ2v) is 6.14. The molecule has 6 heteroatoms. The van der Waals surface area contributed by atoms with Crippen molar-refractivity contribution in [1.29, 1.82) is 0 Å². The average molecular weight is 355 g/mol. The average Bonchev–Trinajstić information content (AvgIpc) is 2.91. The molecule has 3 rings (SSSR count). The third-order valence-electron chi connectivity index (χ3n) is 4.38. The van der Waals surface area contributed by atoms with Crippen LogP contribution < -0.4 is 5.32 Å². The fraction of sp³-hybridized carbons (Fsp3) is 0.389. The number of carbonyl (C=O) groups is 1. The lowest BCUT2D eigenvalue weighted by molar-refractivity contribution is -0.132. The summed E-state index contributed by atoms with van der Waals surface area (Å²) in [6, 6.07) is 13.4. The summed E-state index contributed by atoms with van der Waals surface area (Å²) in [5, 5.41) is 4.95. The van der Waals surface area contributed by atoms with Crippen LogP contribution in [0.15, 0.2) is 42.5 Å². The molecule has 1 N–H and O–H groups in total. The first kappa shape index (κ1) is 18.6. The van der Waals surface area contributed by atoms with E-state index in [0.29, 0.717) is 13.0 Å². The lowest BCUT2D eigenvalue weighted by atomic mass is 10.0. The van der Waals surface area contributed by atoms with E-state index in [-0.39, 0.29) is 18.3 Å². The lowest BCUT2D eigenvalue weighted by Gasteiger charge is -2.21. The molecule has 130 valence electrons. The summed E-state index contributed by atoms with van der Waals surface area (Å²) in [6.45, 7) is 0.0944. The van der Waals surface area contributed by atoms with Crippen molar-refractivity contribution < 1.29 is 13.6 Å². The number of hydrogen-bond donors (Lipinski definition) is 1. The molecule has 0 bridgehead atoms. The van der Waals surface area contributed by atoms with Gasteiger partial charge in [-0.15, -0.1) is 12.4 Å². The Balaban J connectivity index is 0.00000208. The van der Waals surface area contributed by atoms with Crippen molar-refractivity contribution in [3.05, 3.63) is 48.0 Å². The number of fused-ring (bicyclic) bond motifs is 1. The number of halogens is 3. The molecule has 1 saturated heterocycles. The first-order valence-corrected chi connectivity index (χ1v) is 7.79. The van der Waals surface area contributed by atoms with Gasteiger partial charge >= 0.3 is 0 Å². The van der Waals surface area contributed by atoms with Crippen LogP contribution in [0.25, 0.3) is 10.8 Å². The van der Waals surface area contributed by atoms with E-state index in [1.807, 2.05) is 24.3 Å². The molecular weight excluding hydrogens is 334 g/mol. The molecule has 2 aromatic carbocycles. The Bertz CT molecular complexity index is 718. The van der Waals surface area contributed by atoms with E-state index in [4.69, 9.17) is 0 Å². The van der Waals surface area contributed by atoms with E-state index in [9.17, 15) is 13.6 Å². The lowest BCUT2D eigenvalue weighted by Crippen LogP contribution is -2.42. The Morgan fingerprint density at radius 1 is 1.25 bits per heavy atom. The molecular formula is C18H21ClF2N2O. The zero-order valence-electron chi connectivity index (χ0n) is 13.5. The quantitative estimate of drug-likeness (QED) is 0.914. The van der Waals surface area contributed by atoms with Crippen molar-refractivity contribution in [3.63, 3.8) is 0 Å². The molecule has 1 atom stereocenters. The van der Waals surface area contributed by atoms with Gasteiger partial charge in [0.1, 0.15) is 0 Å². The van der Waals surface area contributed by atoms with E-state index < -0.39 is 24.9 Å². The zero-order chi connectivity index (χ0) is 16.4. The topological polar surface area (TPSA) is 32.3 Å². The number of amides is 1. The van der Waals surface area contributed by atoms with Crippen LogP contribution >= 0.6 is 12.4 Å². The van der Waals surface area contributed by atoms with Gasteiger partial charge in [0.05, 0.1) is 12.6 Å². The third kappa shape index (κ3) is 4.02. The molecule has 1 fully saturated rings. The normalized spacial score (nSPS) is 19.0. The number of likely N-dealkylation sites (N-methyl/N-ethyl adjacent to an activating group) is 1. The fourth-order valence-electron chi connectivity index (χ4n) is 3.06. The zero-order valence-corrected chi connectivity index (χ0v) is 14.3. The van der Waals surface area contributed by atoms with Gasteiger partial charge in [0.15, 0.2) is 0 Å². The van der Waals surface area contributed by atoms with Crippen LogP contribution in [-0.4, -0.2) is 42.9 Å². The van der Waals surface area contributed by atoms with Gasteiger partial charge in [-0.3, -0.25) is 10.1 Å². The van der Waals surface area contributed by atoms with Gasteiger partial charge < -0.3 is 4.90 Å². The summed E-state index contributed by atoms with van der Waals surface area (Å²) in [5.74, 6) is -3.04. The third-order valence-corrected chi connectivity index (χ3v) is 4.38. The van der Waals surface area contributed by atoms with Gasteiger partial charge in [-0.2, -0.15) is 0 Å². The van der Waals surface area contributed by atoms with Gasteiger partial charge in [-0.25, -0.2) is 8.78 Å². The number of nitrogens with zero attached hydrogens (tertiary/aromatic N) is 1. The van der Waals surface area contributed by atoms with Crippen molar-refractivity contribution in [2.45, 2.75) is 24.8 Å². The summed E-state index contributed by atoms with van der Waals surface area (Å²) in [5.41, 5.74) is 1.16. The summed E-state index contributed by atoms with van der Waals surface area (Å²) >= 11 is 0. The highest BCUT2D eigenvalue weighted by molar-refractivity contribution is 5.86. The second-order valence-electron chi connectivity index (χ2n) is 6.14. The summed E-state index contributed by atoms with van der Waals surface area (Å²) < 4.78 is 26.4. The van der Waals surface area contributed by atoms with E-state index in [1.54, 1.807) is 11.9 Å². The predicted molar refractivity (Wildman–Crippen MR) is 93.9 cm³/mol. The molecule has 1 heterocycles. The van der Waals surface area contributed by atoms with Gasteiger partial charge in [-0.05, 0) is 22.8 Å². The fourth-order valence-corrected chi connectivity index (χ4v) is 3.06. The molecule has 1 aliphatic rings. The van der Waals surface area contributed by atoms with E-state index >= 15 is 0 Å². The van der Waals surface area contributed by atoms with Crippen molar-refractivity contribution >= 4 is 29.1 Å². The molecule has 0 aromatic heterocycles. The molecule has 0 saturated carbocycles. The molecule has 3 nitrogen and oxygen atoms in total. The van der Waals surface area contributed by atoms with Crippen LogP contribution in [0.3, 0.4) is 0 Å². The van der Waals surface area contributed by atoms with Crippen molar-refractivity contribution in [1.82, 2.24) is 10.2 Å². The van der Waals surface area contributed by atoms with E-state index in [1.165, 1.54) is 5.39 Å². The van der Waals surface area contributed by atoms with Crippen LogP contribution in [0.5, 0.6) is 0 Å². The van der Waals surface area contributed by atoms with Gasteiger partial charge in [-0.1, -0.05) is 42.5 Å². The number of nitrogens with one attached hydrogen (secondary N) is 1. The summed E-state index contributed by atoms with van der Waals surface area (Å²) in [6.07, 6.45) is 0.289. The first-order valence-electron chi connectivity index (χ1n) is 7.79. The number of rotatable bonds is 4. The number of carbonyl (C=O) groups excluding carboxylic acids is 1. The molecule has 0 spiro atoms. The Morgan fingerprint density at radius 3 is 2.67 bits per heavy atom. The van der Waals surface area contributed by atoms with Gasteiger partial charge in [0.2, 0.25) is 5.91 Å². The highest BCUT2D eigenvalue weighted by atomic mass is 35.5. The van der Waals surface area contributed by atoms with Crippen LogP contribution in [-0.2, 0) is 11.2 Å². The largest absolute Gasteiger partial charge is 0.344 e. The molecule has 24 heavy (non-hydrogen) atoms. The maximum atomic E-state index is 13.2. The molecule has 1 amide bonds. The molecule has 0 aliphatic carbocycles. The first-order chi connectivity index (χ1) is 11.0. The van der Waals surface area contributed by atoms with Crippen LogP contribution in [0, 0.1) is 0 Å². The molecule has 0 radical (unpaired) electrons. The minimum Gasteiger partial charge on any atom is -0.344 e. The Hall–Kier alpha value is -1.72. The summed E-state index contributed by atoms with van der Waals surface area (Å²) in [7, 11) is 1.67. The van der Waals surface area contributed by atoms with Gasteiger partial charge in [0.25, 0.3) is 5.92 Å². The molecule has 1 aliphatic heterocycles. The Kier molecular flexibility index (Phi) is 5.78. The number of benzene rings is 2. The smallest absolute Gasteiger partial charge is 0.262 e. The van der Waals surface area contributed by atoms with E-state index in [0.717, 1.165) is 10.9 Å². The molecule has 2 aromatic rings. The van der Waals surface area contributed by atoms with Crippen molar-refractivity contribution in [3.8, 4) is 0 Å². The monoisotopic (exact) mass is 354 g/mol. The SMILES string of the molecule is CN(CCc1cccc2ccccc12)C(=O)C1CC(F)(F)CN1.Cl. The Morgan fingerprint density at radius 2 is 1.96 bits per heavy atom. The minimum absolute atomic E-state index is 0. The minimum atomic E-state index is -2.78. The van der Waals surface area contributed by atoms with Crippen molar-refractivity contribution in [2.75, 3.05) is 20.1 Å². The highest BCUT2D eigenvalue weighted by Crippen LogP contribution is 2.26. The van der Waals surface area contributed by atoms with Crippen molar-refractivity contribution in [2.24, 2.45) is 0 Å². The maximum absolute atomic E-state index is 13.2. The second kappa shape index (κ2) is 7.45. The molecule has 1 unspecified atom stereocenters. The highest BCUT2D eigenvalue weighted by Gasteiger charge is 2.43. The number of alkyl halides is 2. The van der Waals surface area contributed by atoms with Gasteiger partial charge in [0, 0.05) is 20.0 Å². The Labute approximate surface area is 146 Å². The predicted octanol–water partition coefficient (Wildman–Crippen LogP) is 3.26. The maximum Gasteiger partial charge on any atom is 0.262 e. The van der Waals surface area contributed by atoms with Crippen LogP contribution in [0.2, 0.25) is 0 Å². The van der Waals surface area contributed by atoms with E-state index in [2.05, 4.69) is 23.5 Å². The standard InChI is InChI=1S/C18H20F2N2O.ClH/c1-22(17(23)16-11-18(19,20)12-21-16)10-9-14-7-4-6-13-5-2-3-8-15(13)14;/h2-8,16,21H,9-12H2,1H3;1H. The van der Waals surface area contributed by atoms with Crippen LogP contribution in [0.1, 0.15) is 12.0 Å². The van der Waals surface area contributed by atoms with Crippen LogP contribution in [0.4, 0.5) is 8.78 Å². The summed E-state index contributed by atoms with van der Waals surface area (Å²) in [4.78, 5) is 13.8.